The number of nitrogens with zero attached hydrogens (tertiary/aromatic N) is 1. The molecule has 0 atom stereocenters. The number of nitrogens with one attached hydrogen (secondary N) is 1. The number of imide groups is 1. The zero-order valence-electron chi connectivity index (χ0n) is 16.1. The Hall–Kier alpha value is -3.85. The number of fused-ring (bicyclic) bond motifs is 1. The number of amides is 2. The van der Waals surface area contributed by atoms with Crippen LogP contribution < -0.4 is 5.32 Å². The lowest BCUT2D eigenvalue weighted by atomic mass is 10.1. The second-order valence-electron chi connectivity index (χ2n) is 6.32. The summed E-state index contributed by atoms with van der Waals surface area (Å²) in [6.07, 6.45) is 1.31. The zero-order chi connectivity index (χ0) is 21.6. The number of oxazole rings is 1. The molecule has 0 radical (unpaired) electrons. The van der Waals surface area contributed by atoms with Crippen LogP contribution in [0.25, 0.3) is 11.1 Å². The van der Waals surface area contributed by atoms with Crippen LogP contribution in [0.15, 0.2) is 81.0 Å². The monoisotopic (exact) mass is 436 g/mol. The first-order chi connectivity index (χ1) is 15.1. The third-order valence-corrected chi connectivity index (χ3v) is 5.07. The summed E-state index contributed by atoms with van der Waals surface area (Å²) in [6, 6.07) is 17.3. The summed E-state index contributed by atoms with van der Waals surface area (Å²) in [5, 5.41) is 2.58. The number of aromatic nitrogens is 1. The summed E-state index contributed by atoms with van der Waals surface area (Å²) in [5.74, 6) is -1.73. The Kier molecular flexibility index (Phi) is 6.13. The van der Waals surface area contributed by atoms with E-state index >= 15 is 0 Å². The predicted octanol–water partition coefficient (Wildman–Crippen LogP) is 3.83. The van der Waals surface area contributed by atoms with Gasteiger partial charge in [-0.1, -0.05) is 42.1 Å². The Labute approximate surface area is 180 Å². The van der Waals surface area contributed by atoms with Gasteiger partial charge in [-0.15, -0.1) is 0 Å². The molecule has 8 nitrogen and oxygen atoms in total. The van der Waals surface area contributed by atoms with E-state index in [0.29, 0.717) is 27.7 Å². The van der Waals surface area contributed by atoms with Gasteiger partial charge in [-0.25, -0.2) is 9.78 Å². The van der Waals surface area contributed by atoms with Gasteiger partial charge in [0.2, 0.25) is 0 Å². The fourth-order valence-electron chi connectivity index (χ4n) is 2.74. The highest BCUT2D eigenvalue weighted by Gasteiger charge is 2.17. The summed E-state index contributed by atoms with van der Waals surface area (Å²) in [7, 11) is 0. The Bertz CT molecular complexity index is 1200. The number of carbonyl (C=O) groups excluding carboxylic acids is 3. The van der Waals surface area contributed by atoms with Crippen molar-refractivity contribution in [2.24, 2.45) is 0 Å². The summed E-state index contributed by atoms with van der Waals surface area (Å²) in [5.41, 5.74) is 2.46. The number of para-hydroxylation sites is 2. The molecule has 0 spiro atoms. The van der Waals surface area contributed by atoms with Gasteiger partial charge in [-0.3, -0.25) is 14.9 Å². The van der Waals surface area contributed by atoms with E-state index in [1.165, 1.54) is 30.2 Å². The van der Waals surface area contributed by atoms with Crippen LogP contribution in [0.1, 0.15) is 26.5 Å². The third-order valence-electron chi connectivity index (χ3n) is 4.19. The molecule has 2 heterocycles. The molecule has 0 aliphatic carbocycles. The Morgan fingerprint density at radius 3 is 2.61 bits per heavy atom. The van der Waals surface area contributed by atoms with E-state index < -0.39 is 24.4 Å². The van der Waals surface area contributed by atoms with Crippen molar-refractivity contribution in [3.05, 3.63) is 83.8 Å². The summed E-state index contributed by atoms with van der Waals surface area (Å²) in [4.78, 5) is 40.6. The van der Waals surface area contributed by atoms with Crippen molar-refractivity contribution in [2.75, 3.05) is 6.61 Å². The Morgan fingerprint density at radius 2 is 1.81 bits per heavy atom. The van der Waals surface area contributed by atoms with E-state index in [2.05, 4.69) is 10.3 Å². The first-order valence-corrected chi connectivity index (χ1v) is 10.2. The molecule has 4 aromatic rings. The van der Waals surface area contributed by atoms with Crippen LogP contribution in [0, 0.1) is 0 Å². The van der Waals surface area contributed by atoms with Crippen LogP contribution in [0.3, 0.4) is 0 Å². The normalized spacial score (nSPS) is 10.7. The van der Waals surface area contributed by atoms with E-state index in [9.17, 15) is 14.4 Å². The second kappa shape index (κ2) is 9.31. The molecule has 0 saturated heterocycles. The minimum atomic E-state index is -0.756. The maximum absolute atomic E-state index is 12.5. The number of esters is 1. The van der Waals surface area contributed by atoms with Crippen molar-refractivity contribution in [3.63, 3.8) is 0 Å². The Morgan fingerprint density at radius 1 is 1.00 bits per heavy atom. The molecule has 2 amide bonds. The van der Waals surface area contributed by atoms with Gasteiger partial charge in [0, 0.05) is 5.75 Å². The van der Waals surface area contributed by atoms with Crippen molar-refractivity contribution >= 4 is 40.6 Å². The van der Waals surface area contributed by atoms with Crippen molar-refractivity contribution in [3.8, 4) is 0 Å². The molecular formula is C22H16N2O6S. The molecule has 2 aromatic carbocycles. The molecule has 0 aliphatic rings. The topological polar surface area (TPSA) is 112 Å². The minimum absolute atomic E-state index is 0.0127. The summed E-state index contributed by atoms with van der Waals surface area (Å²) in [6.45, 7) is -0.599. The summed E-state index contributed by atoms with van der Waals surface area (Å²) >= 11 is 1.34. The molecule has 9 heteroatoms. The van der Waals surface area contributed by atoms with Gasteiger partial charge in [0.1, 0.15) is 5.52 Å². The molecular weight excluding hydrogens is 420 g/mol. The van der Waals surface area contributed by atoms with Crippen LogP contribution in [-0.4, -0.2) is 29.4 Å². The smallest absolute Gasteiger partial charge is 0.338 e. The van der Waals surface area contributed by atoms with E-state index in [0.717, 1.165) is 5.52 Å². The van der Waals surface area contributed by atoms with Crippen molar-refractivity contribution in [1.29, 1.82) is 0 Å². The SMILES string of the molecule is O=C(COC(=O)c1ccccc1CSc1nc2ccccc2o1)NC(=O)c1ccco1. The van der Waals surface area contributed by atoms with Gasteiger partial charge in [0.15, 0.2) is 18.0 Å². The number of hydrogen-bond acceptors (Lipinski definition) is 8. The molecule has 0 aliphatic heterocycles. The molecule has 0 saturated carbocycles. The van der Waals surface area contributed by atoms with Crippen LogP contribution in [0.5, 0.6) is 0 Å². The highest BCUT2D eigenvalue weighted by atomic mass is 32.2. The second-order valence-corrected chi connectivity index (χ2v) is 7.25. The van der Waals surface area contributed by atoms with Crippen LogP contribution in [-0.2, 0) is 15.3 Å². The number of carbonyl (C=O) groups is 3. The number of ether oxygens (including phenoxy) is 1. The maximum Gasteiger partial charge on any atom is 0.338 e. The van der Waals surface area contributed by atoms with Crippen LogP contribution >= 0.6 is 11.8 Å². The molecule has 4 rings (SSSR count). The first-order valence-electron chi connectivity index (χ1n) is 9.21. The molecule has 0 unspecified atom stereocenters. The van der Waals surface area contributed by atoms with Gasteiger partial charge in [0.25, 0.3) is 17.0 Å². The van der Waals surface area contributed by atoms with Crippen LogP contribution in [0.2, 0.25) is 0 Å². The lowest BCUT2D eigenvalue weighted by Crippen LogP contribution is -2.34. The molecule has 2 aromatic heterocycles. The zero-order valence-corrected chi connectivity index (χ0v) is 16.9. The molecule has 1 N–H and O–H groups in total. The highest BCUT2D eigenvalue weighted by molar-refractivity contribution is 7.98. The molecule has 0 bridgehead atoms. The lowest BCUT2D eigenvalue weighted by Gasteiger charge is -2.08. The third kappa shape index (κ3) is 5.01. The number of benzene rings is 2. The number of furan rings is 1. The average Bonchev–Trinajstić information content (AvgIpc) is 3.46. The lowest BCUT2D eigenvalue weighted by molar-refractivity contribution is -0.123. The number of thioether (sulfide) groups is 1. The van der Waals surface area contributed by atoms with E-state index in [-0.39, 0.29) is 5.76 Å². The molecule has 156 valence electrons. The number of rotatable bonds is 7. The van der Waals surface area contributed by atoms with E-state index in [4.69, 9.17) is 13.6 Å². The van der Waals surface area contributed by atoms with Crippen molar-refractivity contribution in [2.45, 2.75) is 11.0 Å². The quantitative estimate of drug-likeness (QED) is 0.344. The standard InChI is InChI=1S/C22H16N2O6S/c25-19(24-20(26)18-10-5-11-28-18)12-29-21(27)15-7-2-1-6-14(15)13-31-22-23-16-8-3-4-9-17(16)30-22/h1-11H,12-13H2,(H,24,25,26). The van der Waals surface area contributed by atoms with Gasteiger partial charge < -0.3 is 13.6 Å². The highest BCUT2D eigenvalue weighted by Crippen LogP contribution is 2.27. The fourth-order valence-corrected chi connectivity index (χ4v) is 3.58. The van der Waals surface area contributed by atoms with Crippen molar-refractivity contribution < 1.29 is 28.0 Å². The molecule has 0 fully saturated rings. The Balaban J connectivity index is 1.35. The van der Waals surface area contributed by atoms with Gasteiger partial charge in [-0.2, -0.15) is 0 Å². The van der Waals surface area contributed by atoms with E-state index in [1.807, 2.05) is 24.3 Å². The maximum atomic E-state index is 12.5. The predicted molar refractivity (Wildman–Crippen MR) is 111 cm³/mol. The minimum Gasteiger partial charge on any atom is -0.459 e. The van der Waals surface area contributed by atoms with E-state index in [1.54, 1.807) is 24.3 Å². The molecule has 31 heavy (non-hydrogen) atoms. The largest absolute Gasteiger partial charge is 0.459 e. The van der Waals surface area contributed by atoms with Gasteiger partial charge in [0.05, 0.1) is 11.8 Å². The number of hydrogen-bond donors (Lipinski definition) is 1. The first kappa shape index (κ1) is 20.4. The van der Waals surface area contributed by atoms with Crippen LogP contribution in [0.4, 0.5) is 0 Å². The summed E-state index contributed by atoms with van der Waals surface area (Å²) < 4.78 is 15.6. The van der Waals surface area contributed by atoms with Crippen molar-refractivity contribution in [1.82, 2.24) is 10.3 Å². The average molecular weight is 436 g/mol. The fraction of sp³-hybridized carbons (Fsp3) is 0.0909. The van der Waals surface area contributed by atoms with Gasteiger partial charge >= 0.3 is 5.97 Å². The van der Waals surface area contributed by atoms with Gasteiger partial charge in [-0.05, 0) is 35.9 Å².